The van der Waals surface area contributed by atoms with Crippen LogP contribution in [0.15, 0.2) is 0 Å². The van der Waals surface area contributed by atoms with Crippen molar-refractivity contribution in [2.24, 2.45) is 0 Å². The molecule has 0 saturated carbocycles. The average molecular weight is 242 g/mol. The SMILES string of the molecule is B[C@H]1C[C@@H](O[Si](C)(C)C(C)(C)C)[C@@H](CC)O1. The quantitative estimate of drug-likeness (QED) is 0.708. The number of rotatable bonds is 3. The van der Waals surface area contributed by atoms with Crippen molar-refractivity contribution in [1.29, 1.82) is 0 Å². The second kappa shape index (κ2) is 4.83. The molecule has 94 valence electrons. The second-order valence-corrected chi connectivity index (χ2v) is 11.3. The first kappa shape index (κ1) is 14.3. The molecule has 1 saturated heterocycles. The van der Waals surface area contributed by atoms with Crippen molar-refractivity contribution < 1.29 is 9.16 Å². The van der Waals surface area contributed by atoms with Gasteiger partial charge >= 0.3 is 0 Å². The molecular weight excluding hydrogens is 215 g/mol. The molecule has 0 unspecified atom stereocenters. The molecule has 0 aliphatic carbocycles. The van der Waals surface area contributed by atoms with Crippen LogP contribution in [0, 0.1) is 0 Å². The third-order valence-electron chi connectivity index (χ3n) is 4.04. The van der Waals surface area contributed by atoms with Crippen LogP contribution in [0.5, 0.6) is 0 Å². The highest BCUT2D eigenvalue weighted by Gasteiger charge is 2.43. The lowest BCUT2D eigenvalue weighted by Gasteiger charge is -2.39. The zero-order valence-corrected chi connectivity index (χ0v) is 13.0. The second-order valence-electron chi connectivity index (χ2n) is 6.55. The first-order valence-corrected chi connectivity index (χ1v) is 9.41. The molecule has 3 atom stereocenters. The van der Waals surface area contributed by atoms with E-state index in [0.29, 0.717) is 18.2 Å². The fourth-order valence-electron chi connectivity index (χ4n) is 1.96. The van der Waals surface area contributed by atoms with Crippen LogP contribution in [0.3, 0.4) is 0 Å². The van der Waals surface area contributed by atoms with Gasteiger partial charge in [0.05, 0.1) is 12.2 Å². The van der Waals surface area contributed by atoms with Crippen LogP contribution in [0.4, 0.5) is 0 Å². The molecule has 0 spiro atoms. The molecule has 0 N–H and O–H groups in total. The lowest BCUT2D eigenvalue weighted by molar-refractivity contribution is 0.0350. The van der Waals surface area contributed by atoms with Gasteiger partial charge in [0.1, 0.15) is 7.85 Å². The van der Waals surface area contributed by atoms with Crippen LogP contribution >= 0.6 is 0 Å². The minimum absolute atomic E-state index is 0.289. The van der Waals surface area contributed by atoms with Crippen molar-refractivity contribution in [3.63, 3.8) is 0 Å². The summed E-state index contributed by atoms with van der Waals surface area (Å²) < 4.78 is 12.3. The van der Waals surface area contributed by atoms with Gasteiger partial charge in [0.15, 0.2) is 8.32 Å². The monoisotopic (exact) mass is 242 g/mol. The molecule has 0 aromatic rings. The fraction of sp³-hybridized carbons (Fsp3) is 1.00. The number of hydrogen-bond donors (Lipinski definition) is 0. The summed E-state index contributed by atoms with van der Waals surface area (Å²) in [6.45, 7) is 13.7. The molecular formula is C12H27BO2Si. The van der Waals surface area contributed by atoms with Gasteiger partial charge in [0, 0.05) is 6.00 Å². The molecule has 1 heterocycles. The number of ether oxygens (including phenoxy) is 1. The summed E-state index contributed by atoms with van der Waals surface area (Å²) in [6.07, 6.45) is 2.75. The molecule has 4 heteroatoms. The van der Waals surface area contributed by atoms with Crippen molar-refractivity contribution in [3.05, 3.63) is 0 Å². The standard InChI is InChI=1S/C12H27BO2Si/c1-7-9-10(8-11(13)14-9)15-16(5,6)12(2,3)4/h9-11H,7-8,13H2,1-6H3/t9-,10-,11-/m1/s1. The fourth-order valence-corrected chi connectivity index (χ4v) is 3.32. The van der Waals surface area contributed by atoms with Gasteiger partial charge in [-0.3, -0.25) is 0 Å². The van der Waals surface area contributed by atoms with E-state index in [1.54, 1.807) is 0 Å². The summed E-state index contributed by atoms with van der Waals surface area (Å²) in [4.78, 5) is 0. The maximum atomic E-state index is 6.45. The predicted molar refractivity (Wildman–Crippen MR) is 74.2 cm³/mol. The summed E-state index contributed by atoms with van der Waals surface area (Å²) in [5, 5.41) is 0.289. The van der Waals surface area contributed by atoms with E-state index in [2.05, 4.69) is 48.6 Å². The highest BCUT2D eigenvalue weighted by atomic mass is 28.4. The van der Waals surface area contributed by atoms with Gasteiger partial charge in [-0.15, -0.1) is 0 Å². The maximum absolute atomic E-state index is 6.45. The van der Waals surface area contributed by atoms with E-state index >= 15 is 0 Å². The zero-order chi connectivity index (χ0) is 12.6. The largest absolute Gasteiger partial charge is 0.411 e. The van der Waals surface area contributed by atoms with E-state index in [1.807, 2.05) is 0 Å². The Morgan fingerprint density at radius 3 is 2.38 bits per heavy atom. The van der Waals surface area contributed by atoms with Crippen LogP contribution in [-0.2, 0) is 9.16 Å². The summed E-state index contributed by atoms with van der Waals surface area (Å²) in [7, 11) is 0.513. The van der Waals surface area contributed by atoms with E-state index in [4.69, 9.17) is 9.16 Å². The maximum Gasteiger partial charge on any atom is 0.192 e. The first-order chi connectivity index (χ1) is 7.17. The van der Waals surface area contributed by atoms with Crippen molar-refractivity contribution in [1.82, 2.24) is 0 Å². The predicted octanol–water partition coefficient (Wildman–Crippen LogP) is 2.53. The van der Waals surface area contributed by atoms with Gasteiger partial charge in [-0.05, 0) is 31.0 Å². The Balaban J connectivity index is 2.66. The van der Waals surface area contributed by atoms with Crippen LogP contribution < -0.4 is 0 Å². The van der Waals surface area contributed by atoms with Gasteiger partial charge in [0.2, 0.25) is 0 Å². The molecule has 16 heavy (non-hydrogen) atoms. The highest BCUT2D eigenvalue weighted by molar-refractivity contribution is 6.74. The van der Waals surface area contributed by atoms with Crippen molar-refractivity contribution in [2.45, 2.75) is 76.9 Å². The van der Waals surface area contributed by atoms with Crippen molar-refractivity contribution >= 4 is 16.2 Å². The normalized spacial score (nSPS) is 32.0. The molecule has 1 rings (SSSR count). The van der Waals surface area contributed by atoms with Crippen LogP contribution in [0.1, 0.15) is 40.5 Å². The van der Waals surface area contributed by atoms with E-state index in [9.17, 15) is 0 Å². The van der Waals surface area contributed by atoms with Crippen LogP contribution in [0.25, 0.3) is 0 Å². The van der Waals surface area contributed by atoms with Crippen LogP contribution in [0.2, 0.25) is 18.1 Å². The van der Waals surface area contributed by atoms with Crippen molar-refractivity contribution in [3.8, 4) is 0 Å². The minimum Gasteiger partial charge on any atom is -0.411 e. The summed E-state index contributed by atoms with van der Waals surface area (Å²) >= 11 is 0. The molecule has 1 aliphatic heterocycles. The molecule has 1 aliphatic rings. The topological polar surface area (TPSA) is 18.5 Å². The molecule has 0 bridgehead atoms. The van der Waals surface area contributed by atoms with E-state index in [0.717, 1.165) is 12.8 Å². The zero-order valence-electron chi connectivity index (χ0n) is 12.0. The molecule has 0 aromatic heterocycles. The van der Waals surface area contributed by atoms with E-state index in [-0.39, 0.29) is 5.04 Å². The van der Waals surface area contributed by atoms with Gasteiger partial charge in [-0.2, -0.15) is 0 Å². The first-order valence-electron chi connectivity index (χ1n) is 6.50. The molecule has 0 amide bonds. The molecule has 0 radical (unpaired) electrons. The van der Waals surface area contributed by atoms with E-state index < -0.39 is 8.32 Å². The molecule has 1 fully saturated rings. The van der Waals surface area contributed by atoms with Crippen LogP contribution in [-0.4, -0.2) is 34.4 Å². The van der Waals surface area contributed by atoms with Gasteiger partial charge in [0.25, 0.3) is 0 Å². The minimum atomic E-state index is -1.64. The Bertz CT molecular complexity index is 238. The Morgan fingerprint density at radius 2 is 1.94 bits per heavy atom. The third-order valence-corrected chi connectivity index (χ3v) is 8.54. The highest BCUT2D eigenvalue weighted by Crippen LogP contribution is 2.39. The van der Waals surface area contributed by atoms with Gasteiger partial charge in [-0.1, -0.05) is 27.7 Å². The Hall–Kier alpha value is 0.202. The Kier molecular flexibility index (Phi) is 4.30. The van der Waals surface area contributed by atoms with Gasteiger partial charge in [-0.25, -0.2) is 0 Å². The lowest BCUT2D eigenvalue weighted by Crippen LogP contribution is -2.45. The summed E-state index contributed by atoms with van der Waals surface area (Å²) in [6, 6.07) is 0.361. The summed E-state index contributed by atoms with van der Waals surface area (Å²) in [5.74, 6) is 0. The number of hydrogen-bond acceptors (Lipinski definition) is 2. The van der Waals surface area contributed by atoms with Crippen molar-refractivity contribution in [2.75, 3.05) is 0 Å². The molecule has 2 nitrogen and oxygen atoms in total. The Morgan fingerprint density at radius 1 is 1.38 bits per heavy atom. The van der Waals surface area contributed by atoms with Gasteiger partial charge < -0.3 is 9.16 Å². The lowest BCUT2D eigenvalue weighted by atomic mass is 9.96. The third kappa shape index (κ3) is 3.11. The Labute approximate surface area is 103 Å². The summed E-state index contributed by atoms with van der Waals surface area (Å²) in [5.41, 5.74) is 0. The van der Waals surface area contributed by atoms with E-state index in [1.165, 1.54) is 0 Å². The smallest absolute Gasteiger partial charge is 0.192 e. The average Bonchev–Trinajstić information content (AvgIpc) is 2.43. The molecule has 0 aromatic carbocycles.